The van der Waals surface area contributed by atoms with Crippen LogP contribution in [0.15, 0.2) is 42.5 Å². The van der Waals surface area contributed by atoms with Gasteiger partial charge in [0, 0.05) is 24.2 Å². The molecule has 3 rings (SSSR count). The fraction of sp³-hybridized carbons (Fsp3) is 0.316. The van der Waals surface area contributed by atoms with E-state index in [4.69, 9.17) is 15.2 Å². The van der Waals surface area contributed by atoms with E-state index in [9.17, 15) is 4.79 Å². The van der Waals surface area contributed by atoms with Crippen molar-refractivity contribution in [1.82, 2.24) is 0 Å². The van der Waals surface area contributed by atoms with Gasteiger partial charge >= 0.3 is 0 Å². The summed E-state index contributed by atoms with van der Waals surface area (Å²) >= 11 is 0. The number of amides is 1. The molecule has 1 amide bonds. The smallest absolute Gasteiger partial charge is 0.268 e. The molecule has 1 aliphatic rings. The zero-order chi connectivity index (χ0) is 17.3. The molecular weight excluding hydrogens is 304 g/mol. The minimum atomic E-state index is -0.560. The van der Waals surface area contributed by atoms with Gasteiger partial charge in [0.15, 0.2) is 6.10 Å². The van der Waals surface area contributed by atoms with Gasteiger partial charge in [0.1, 0.15) is 11.5 Å². The molecule has 24 heavy (non-hydrogen) atoms. The fourth-order valence-electron chi connectivity index (χ4n) is 2.94. The summed E-state index contributed by atoms with van der Waals surface area (Å²) in [6.07, 6.45) is -0.0598. The Morgan fingerprint density at radius 3 is 2.54 bits per heavy atom. The Kier molecular flexibility index (Phi) is 4.34. The number of nitrogen functional groups attached to an aromatic ring is 1. The van der Waals surface area contributed by atoms with Crippen molar-refractivity contribution in [1.29, 1.82) is 0 Å². The average Bonchev–Trinajstić information content (AvgIpc) is 2.56. The normalized spacial score (nSPS) is 16.8. The summed E-state index contributed by atoms with van der Waals surface area (Å²) in [5.74, 6) is 1.41. The van der Waals surface area contributed by atoms with E-state index in [1.807, 2.05) is 44.2 Å². The SMILES string of the molecule is COc1ccc(CC2Oc3cc(N)ccc3N(C(C)C)C2=O)cc1. The van der Waals surface area contributed by atoms with Crippen LogP contribution < -0.4 is 20.1 Å². The Balaban J connectivity index is 1.90. The summed E-state index contributed by atoms with van der Waals surface area (Å²) in [5, 5.41) is 0. The molecule has 0 fully saturated rings. The first-order chi connectivity index (χ1) is 11.5. The molecule has 0 saturated carbocycles. The number of hydrogen-bond acceptors (Lipinski definition) is 4. The standard InChI is InChI=1S/C19H22N2O3/c1-12(2)21-16-9-6-14(20)11-17(16)24-18(19(21)22)10-13-4-7-15(23-3)8-5-13/h4-9,11-12,18H,10,20H2,1-3H3. The Hall–Kier alpha value is -2.69. The molecule has 1 aliphatic heterocycles. The van der Waals surface area contributed by atoms with Crippen molar-refractivity contribution in [3.63, 3.8) is 0 Å². The third-order valence-electron chi connectivity index (χ3n) is 4.12. The zero-order valence-corrected chi connectivity index (χ0v) is 14.2. The number of rotatable bonds is 4. The highest BCUT2D eigenvalue weighted by molar-refractivity contribution is 6.00. The summed E-state index contributed by atoms with van der Waals surface area (Å²) in [4.78, 5) is 14.7. The van der Waals surface area contributed by atoms with E-state index >= 15 is 0 Å². The molecule has 1 unspecified atom stereocenters. The number of carbonyl (C=O) groups excluding carboxylic acids is 1. The van der Waals surface area contributed by atoms with Crippen LogP contribution in [0.4, 0.5) is 11.4 Å². The molecule has 0 aliphatic carbocycles. The first-order valence-electron chi connectivity index (χ1n) is 8.01. The van der Waals surface area contributed by atoms with Gasteiger partial charge < -0.3 is 20.1 Å². The molecule has 2 N–H and O–H groups in total. The van der Waals surface area contributed by atoms with Crippen LogP contribution in [0.3, 0.4) is 0 Å². The Bertz CT molecular complexity index is 741. The number of ether oxygens (including phenoxy) is 2. The maximum atomic E-state index is 12.9. The highest BCUT2D eigenvalue weighted by Gasteiger charge is 2.35. The molecule has 5 nitrogen and oxygen atoms in total. The molecule has 5 heteroatoms. The minimum Gasteiger partial charge on any atom is -0.497 e. The third kappa shape index (κ3) is 3.02. The van der Waals surface area contributed by atoms with Gasteiger partial charge in [-0.2, -0.15) is 0 Å². The fourth-order valence-corrected chi connectivity index (χ4v) is 2.94. The Labute approximate surface area is 142 Å². The molecule has 1 heterocycles. The van der Waals surface area contributed by atoms with Gasteiger partial charge in [-0.15, -0.1) is 0 Å². The lowest BCUT2D eigenvalue weighted by molar-refractivity contribution is -0.126. The molecule has 1 atom stereocenters. The number of nitrogens with zero attached hydrogens (tertiary/aromatic N) is 1. The highest BCUT2D eigenvalue weighted by Crippen LogP contribution is 2.37. The maximum Gasteiger partial charge on any atom is 0.268 e. The molecule has 0 saturated heterocycles. The van der Waals surface area contributed by atoms with Crippen LogP contribution in [0.25, 0.3) is 0 Å². The van der Waals surface area contributed by atoms with Crippen molar-refractivity contribution in [3.05, 3.63) is 48.0 Å². The van der Waals surface area contributed by atoms with Crippen LogP contribution in [-0.4, -0.2) is 25.2 Å². The van der Waals surface area contributed by atoms with Crippen molar-refractivity contribution < 1.29 is 14.3 Å². The number of carbonyl (C=O) groups is 1. The van der Waals surface area contributed by atoms with Crippen LogP contribution in [0, 0.1) is 0 Å². The van der Waals surface area contributed by atoms with Crippen molar-refractivity contribution >= 4 is 17.3 Å². The largest absolute Gasteiger partial charge is 0.497 e. The van der Waals surface area contributed by atoms with Crippen molar-refractivity contribution in [2.75, 3.05) is 17.7 Å². The van der Waals surface area contributed by atoms with E-state index in [2.05, 4.69) is 0 Å². The first kappa shape index (κ1) is 16.2. The van der Waals surface area contributed by atoms with Gasteiger partial charge in [0.05, 0.1) is 12.8 Å². The van der Waals surface area contributed by atoms with Crippen molar-refractivity contribution in [2.45, 2.75) is 32.4 Å². The van der Waals surface area contributed by atoms with E-state index in [0.29, 0.717) is 17.9 Å². The monoisotopic (exact) mass is 326 g/mol. The average molecular weight is 326 g/mol. The molecule has 0 radical (unpaired) electrons. The second-order valence-corrected chi connectivity index (χ2v) is 6.19. The second-order valence-electron chi connectivity index (χ2n) is 6.19. The van der Waals surface area contributed by atoms with Crippen molar-refractivity contribution in [3.8, 4) is 11.5 Å². The highest BCUT2D eigenvalue weighted by atomic mass is 16.5. The molecule has 2 aromatic rings. The van der Waals surface area contributed by atoms with Gasteiger partial charge in [-0.05, 0) is 43.7 Å². The van der Waals surface area contributed by atoms with Crippen LogP contribution in [0.5, 0.6) is 11.5 Å². The van der Waals surface area contributed by atoms with E-state index in [1.54, 1.807) is 24.1 Å². The minimum absolute atomic E-state index is 0.0295. The third-order valence-corrected chi connectivity index (χ3v) is 4.12. The van der Waals surface area contributed by atoms with Gasteiger partial charge in [0.2, 0.25) is 0 Å². The lowest BCUT2D eigenvalue weighted by Crippen LogP contribution is -2.49. The topological polar surface area (TPSA) is 64.8 Å². The molecule has 0 bridgehead atoms. The summed E-state index contributed by atoms with van der Waals surface area (Å²) in [6.45, 7) is 3.99. The van der Waals surface area contributed by atoms with Crippen molar-refractivity contribution in [2.24, 2.45) is 0 Å². The van der Waals surface area contributed by atoms with Crippen LogP contribution in [0.1, 0.15) is 19.4 Å². The zero-order valence-electron chi connectivity index (χ0n) is 14.2. The number of anilines is 2. The Morgan fingerprint density at radius 1 is 1.21 bits per heavy atom. The summed E-state index contributed by atoms with van der Waals surface area (Å²) in [5.41, 5.74) is 8.28. The summed E-state index contributed by atoms with van der Waals surface area (Å²) < 4.78 is 11.1. The quantitative estimate of drug-likeness (QED) is 0.877. The van der Waals surface area contributed by atoms with Gasteiger partial charge in [-0.25, -0.2) is 0 Å². The van der Waals surface area contributed by atoms with E-state index < -0.39 is 6.10 Å². The molecule has 2 aromatic carbocycles. The molecular formula is C19H22N2O3. The second kappa shape index (κ2) is 6.43. The number of hydrogen-bond donors (Lipinski definition) is 1. The van der Waals surface area contributed by atoms with Crippen LogP contribution in [0.2, 0.25) is 0 Å². The van der Waals surface area contributed by atoms with E-state index in [-0.39, 0.29) is 11.9 Å². The molecule has 0 spiro atoms. The number of methoxy groups -OCH3 is 1. The maximum absolute atomic E-state index is 12.9. The van der Waals surface area contributed by atoms with E-state index in [1.165, 1.54) is 0 Å². The lowest BCUT2D eigenvalue weighted by Gasteiger charge is -2.37. The predicted molar refractivity (Wildman–Crippen MR) is 94.6 cm³/mol. The van der Waals surface area contributed by atoms with Gasteiger partial charge in [-0.1, -0.05) is 12.1 Å². The lowest BCUT2D eigenvalue weighted by atomic mass is 10.0. The first-order valence-corrected chi connectivity index (χ1v) is 8.01. The Morgan fingerprint density at radius 2 is 1.92 bits per heavy atom. The van der Waals surface area contributed by atoms with Gasteiger partial charge in [0.25, 0.3) is 5.91 Å². The number of benzene rings is 2. The number of nitrogens with two attached hydrogens (primary N) is 1. The van der Waals surface area contributed by atoms with Crippen LogP contribution >= 0.6 is 0 Å². The van der Waals surface area contributed by atoms with Crippen LogP contribution in [-0.2, 0) is 11.2 Å². The number of fused-ring (bicyclic) bond motifs is 1. The van der Waals surface area contributed by atoms with E-state index in [0.717, 1.165) is 17.0 Å². The molecule has 0 aromatic heterocycles. The summed E-state index contributed by atoms with van der Waals surface area (Å²) in [7, 11) is 1.63. The van der Waals surface area contributed by atoms with Gasteiger partial charge in [-0.3, -0.25) is 4.79 Å². The summed E-state index contributed by atoms with van der Waals surface area (Å²) in [6, 6.07) is 13.1. The predicted octanol–water partition coefficient (Wildman–Crippen LogP) is 3.02. The molecule has 126 valence electrons.